The van der Waals surface area contributed by atoms with Crippen molar-refractivity contribution in [3.8, 4) is 0 Å². The Morgan fingerprint density at radius 1 is 1.26 bits per heavy atom. The third-order valence-corrected chi connectivity index (χ3v) is 2.94. The van der Waals surface area contributed by atoms with Crippen LogP contribution in [0, 0.1) is 6.92 Å². The Labute approximate surface area is 116 Å². The van der Waals surface area contributed by atoms with Crippen molar-refractivity contribution in [3.05, 3.63) is 52.8 Å². The molecule has 2 rings (SSSR count). The van der Waals surface area contributed by atoms with Crippen molar-refractivity contribution in [1.29, 1.82) is 0 Å². The number of hydrogen-bond acceptors (Lipinski definition) is 3. The highest BCUT2D eigenvalue weighted by molar-refractivity contribution is 6.29. The number of aryl methyl sites for hydroxylation is 1. The summed E-state index contributed by atoms with van der Waals surface area (Å²) < 4.78 is 0. The average molecular weight is 276 g/mol. The van der Waals surface area contributed by atoms with Crippen LogP contribution in [-0.4, -0.2) is 17.9 Å². The van der Waals surface area contributed by atoms with E-state index in [1.807, 2.05) is 25.1 Å². The van der Waals surface area contributed by atoms with Gasteiger partial charge in [-0.05, 0) is 30.7 Å². The fourth-order valence-corrected chi connectivity index (χ4v) is 1.86. The molecule has 19 heavy (non-hydrogen) atoms. The van der Waals surface area contributed by atoms with Crippen LogP contribution in [0.3, 0.4) is 0 Å². The number of rotatable bonds is 3. The molecule has 0 saturated heterocycles. The summed E-state index contributed by atoms with van der Waals surface area (Å²) in [6, 6.07) is 9.03. The summed E-state index contributed by atoms with van der Waals surface area (Å²) in [4.78, 5) is 15.8. The van der Waals surface area contributed by atoms with Gasteiger partial charge >= 0.3 is 0 Å². The topological polar surface area (TPSA) is 54.0 Å². The van der Waals surface area contributed by atoms with E-state index in [9.17, 15) is 4.79 Å². The number of anilines is 2. The first-order valence-electron chi connectivity index (χ1n) is 5.82. The van der Waals surface area contributed by atoms with Crippen LogP contribution in [0.4, 0.5) is 11.4 Å². The van der Waals surface area contributed by atoms with Gasteiger partial charge in [0.15, 0.2) is 0 Å². The molecule has 5 heteroatoms. The van der Waals surface area contributed by atoms with Crippen molar-refractivity contribution in [2.75, 3.05) is 12.4 Å². The second-order valence-corrected chi connectivity index (χ2v) is 4.46. The molecule has 1 aromatic carbocycles. The standard InChI is InChI=1S/C14H14ClN3O/c1-9-8-17-13(15)7-12(9)18-11-6-4-3-5-10(11)14(19)16-2/h3-8H,1-2H3,(H,16,19)(H,17,18). The monoisotopic (exact) mass is 275 g/mol. The van der Waals surface area contributed by atoms with Gasteiger partial charge in [-0.15, -0.1) is 0 Å². The van der Waals surface area contributed by atoms with Gasteiger partial charge in [0.05, 0.1) is 11.3 Å². The molecule has 0 atom stereocenters. The third-order valence-electron chi connectivity index (χ3n) is 2.74. The Kier molecular flexibility index (Phi) is 4.02. The van der Waals surface area contributed by atoms with E-state index in [1.165, 1.54) is 0 Å². The highest BCUT2D eigenvalue weighted by atomic mass is 35.5. The normalized spacial score (nSPS) is 10.1. The second-order valence-electron chi connectivity index (χ2n) is 4.07. The Morgan fingerprint density at radius 3 is 2.74 bits per heavy atom. The van der Waals surface area contributed by atoms with Gasteiger partial charge in [0, 0.05) is 18.9 Å². The molecule has 0 radical (unpaired) electrons. The van der Waals surface area contributed by atoms with Gasteiger partial charge in [-0.25, -0.2) is 4.98 Å². The van der Waals surface area contributed by atoms with E-state index < -0.39 is 0 Å². The number of halogens is 1. The predicted octanol–water partition coefficient (Wildman–Crippen LogP) is 3.15. The van der Waals surface area contributed by atoms with E-state index in [4.69, 9.17) is 11.6 Å². The molecule has 0 aliphatic rings. The van der Waals surface area contributed by atoms with E-state index in [1.54, 1.807) is 25.4 Å². The zero-order valence-electron chi connectivity index (χ0n) is 10.7. The van der Waals surface area contributed by atoms with Crippen molar-refractivity contribution in [2.24, 2.45) is 0 Å². The summed E-state index contributed by atoms with van der Waals surface area (Å²) in [5.74, 6) is -0.138. The third kappa shape index (κ3) is 3.03. The number of aromatic nitrogens is 1. The van der Waals surface area contributed by atoms with Crippen LogP contribution in [0.15, 0.2) is 36.5 Å². The van der Waals surface area contributed by atoms with Crippen LogP contribution in [0.5, 0.6) is 0 Å². The van der Waals surface area contributed by atoms with E-state index >= 15 is 0 Å². The molecule has 1 amide bonds. The number of para-hydroxylation sites is 1. The fraction of sp³-hybridized carbons (Fsp3) is 0.143. The van der Waals surface area contributed by atoms with Crippen molar-refractivity contribution < 1.29 is 4.79 Å². The van der Waals surface area contributed by atoms with E-state index in [2.05, 4.69) is 15.6 Å². The number of pyridine rings is 1. The maximum atomic E-state index is 11.8. The lowest BCUT2D eigenvalue weighted by molar-refractivity contribution is 0.0964. The van der Waals surface area contributed by atoms with E-state index in [0.717, 1.165) is 16.9 Å². The second kappa shape index (κ2) is 5.71. The van der Waals surface area contributed by atoms with Gasteiger partial charge in [-0.2, -0.15) is 0 Å². The molecule has 2 N–H and O–H groups in total. The summed E-state index contributed by atoms with van der Waals surface area (Å²) >= 11 is 5.88. The highest BCUT2D eigenvalue weighted by Gasteiger charge is 2.10. The summed E-state index contributed by atoms with van der Waals surface area (Å²) in [6.45, 7) is 1.92. The van der Waals surface area contributed by atoms with Gasteiger partial charge < -0.3 is 10.6 Å². The molecule has 0 fully saturated rings. The summed E-state index contributed by atoms with van der Waals surface area (Å²) in [5.41, 5.74) is 3.09. The Hall–Kier alpha value is -2.07. The van der Waals surface area contributed by atoms with Gasteiger partial charge in [0.2, 0.25) is 0 Å². The maximum Gasteiger partial charge on any atom is 0.253 e. The Bertz CT molecular complexity index is 613. The minimum absolute atomic E-state index is 0.138. The average Bonchev–Trinajstić information content (AvgIpc) is 2.42. The van der Waals surface area contributed by atoms with Gasteiger partial charge in [0.1, 0.15) is 5.15 Å². The van der Waals surface area contributed by atoms with Crippen molar-refractivity contribution >= 4 is 28.9 Å². The molecule has 0 saturated carbocycles. The highest BCUT2D eigenvalue weighted by Crippen LogP contribution is 2.24. The number of carbonyl (C=O) groups is 1. The van der Waals surface area contributed by atoms with E-state index in [-0.39, 0.29) is 5.91 Å². The van der Waals surface area contributed by atoms with E-state index in [0.29, 0.717) is 10.7 Å². The first-order valence-corrected chi connectivity index (χ1v) is 6.20. The molecule has 0 bridgehead atoms. The Morgan fingerprint density at radius 2 is 2.00 bits per heavy atom. The molecular formula is C14H14ClN3O. The Balaban J connectivity index is 2.38. The molecule has 0 aliphatic carbocycles. The van der Waals surface area contributed by atoms with Crippen molar-refractivity contribution in [1.82, 2.24) is 10.3 Å². The van der Waals surface area contributed by atoms with Gasteiger partial charge in [-0.3, -0.25) is 4.79 Å². The zero-order chi connectivity index (χ0) is 13.8. The largest absolute Gasteiger partial charge is 0.355 e. The molecule has 0 spiro atoms. The van der Waals surface area contributed by atoms with Crippen LogP contribution in [-0.2, 0) is 0 Å². The number of benzene rings is 1. The smallest absolute Gasteiger partial charge is 0.253 e. The van der Waals surface area contributed by atoms with Gasteiger partial charge in [-0.1, -0.05) is 23.7 Å². The number of nitrogens with one attached hydrogen (secondary N) is 2. The number of carbonyl (C=O) groups excluding carboxylic acids is 1. The maximum absolute atomic E-state index is 11.8. The lowest BCUT2D eigenvalue weighted by Gasteiger charge is -2.13. The van der Waals surface area contributed by atoms with Crippen LogP contribution in [0.2, 0.25) is 5.15 Å². The SMILES string of the molecule is CNC(=O)c1ccccc1Nc1cc(Cl)ncc1C. The summed E-state index contributed by atoms with van der Waals surface area (Å²) in [6.07, 6.45) is 1.69. The summed E-state index contributed by atoms with van der Waals surface area (Å²) in [5, 5.41) is 6.24. The molecule has 4 nitrogen and oxygen atoms in total. The number of nitrogens with zero attached hydrogens (tertiary/aromatic N) is 1. The number of amides is 1. The van der Waals surface area contributed by atoms with Crippen LogP contribution >= 0.6 is 11.6 Å². The first kappa shape index (κ1) is 13.4. The summed E-state index contributed by atoms with van der Waals surface area (Å²) in [7, 11) is 1.60. The number of hydrogen-bond donors (Lipinski definition) is 2. The fourth-order valence-electron chi connectivity index (χ4n) is 1.70. The lowest BCUT2D eigenvalue weighted by atomic mass is 10.1. The van der Waals surface area contributed by atoms with Crippen LogP contribution < -0.4 is 10.6 Å². The molecular weight excluding hydrogens is 262 g/mol. The van der Waals surface area contributed by atoms with Gasteiger partial charge in [0.25, 0.3) is 5.91 Å². The molecule has 1 heterocycles. The van der Waals surface area contributed by atoms with Crippen molar-refractivity contribution in [2.45, 2.75) is 6.92 Å². The predicted molar refractivity (Wildman–Crippen MR) is 77.1 cm³/mol. The molecule has 0 unspecified atom stereocenters. The lowest BCUT2D eigenvalue weighted by Crippen LogP contribution is -2.19. The molecule has 98 valence electrons. The first-order chi connectivity index (χ1) is 9.11. The molecule has 2 aromatic rings. The minimum atomic E-state index is -0.138. The van der Waals surface area contributed by atoms with Crippen molar-refractivity contribution in [3.63, 3.8) is 0 Å². The molecule has 0 aliphatic heterocycles. The quantitative estimate of drug-likeness (QED) is 0.846. The van der Waals surface area contributed by atoms with Crippen LogP contribution in [0.1, 0.15) is 15.9 Å². The molecule has 1 aromatic heterocycles. The van der Waals surface area contributed by atoms with Crippen LogP contribution in [0.25, 0.3) is 0 Å². The minimum Gasteiger partial charge on any atom is -0.355 e. The zero-order valence-corrected chi connectivity index (χ0v) is 11.5.